The van der Waals surface area contributed by atoms with Crippen molar-refractivity contribution in [1.82, 2.24) is 4.98 Å². The molecule has 0 spiro atoms. The molecule has 10 heavy (non-hydrogen) atoms. The Morgan fingerprint density at radius 2 is 2.30 bits per heavy atom. The summed E-state index contributed by atoms with van der Waals surface area (Å²) in [5.41, 5.74) is 0.127. The molecule has 1 heteroatoms. The summed E-state index contributed by atoms with van der Waals surface area (Å²) in [6, 6.07) is 2.06. The zero-order valence-electron chi connectivity index (χ0n) is 6.23. The van der Waals surface area contributed by atoms with Crippen molar-refractivity contribution >= 4 is 12.2 Å². The van der Waals surface area contributed by atoms with Gasteiger partial charge in [-0.1, -0.05) is 19.9 Å². The van der Waals surface area contributed by atoms with Crippen LogP contribution in [0.2, 0.25) is 0 Å². The van der Waals surface area contributed by atoms with E-state index in [1.165, 1.54) is 10.6 Å². The Labute approximate surface area is 60.1 Å². The van der Waals surface area contributed by atoms with Gasteiger partial charge in [0.2, 0.25) is 0 Å². The SMILES string of the molecule is CC1(C)[C]=c2cc[nH]c2=C1. The van der Waals surface area contributed by atoms with E-state index in [0.29, 0.717) is 0 Å². The molecule has 1 aromatic heterocycles. The summed E-state index contributed by atoms with van der Waals surface area (Å²) < 4.78 is 0. The van der Waals surface area contributed by atoms with Gasteiger partial charge in [-0.25, -0.2) is 0 Å². The van der Waals surface area contributed by atoms with Crippen molar-refractivity contribution in [2.24, 2.45) is 5.41 Å². The van der Waals surface area contributed by atoms with Gasteiger partial charge in [-0.05, 0) is 12.1 Å². The molecule has 1 radical (unpaired) electrons. The molecule has 51 valence electrons. The first kappa shape index (κ1) is 5.78. The Balaban J connectivity index is 2.80. The maximum absolute atomic E-state index is 3.37. The molecule has 1 N–H and O–H groups in total. The number of aromatic amines is 1. The molecule has 0 fully saturated rings. The summed E-state index contributed by atoms with van der Waals surface area (Å²) in [5.74, 6) is 0. The Bertz CT molecular complexity index is 322. The molecule has 0 atom stereocenters. The number of fused-ring (bicyclic) bond motifs is 1. The predicted molar refractivity (Wildman–Crippen MR) is 41.7 cm³/mol. The van der Waals surface area contributed by atoms with Crippen LogP contribution in [0, 0.1) is 5.41 Å². The molecule has 0 saturated carbocycles. The second-order valence-electron chi connectivity index (χ2n) is 3.30. The summed E-state index contributed by atoms with van der Waals surface area (Å²) in [6.07, 6.45) is 7.51. The first-order chi connectivity index (χ1) is 4.67. The summed E-state index contributed by atoms with van der Waals surface area (Å²) in [4.78, 5) is 3.16. The third kappa shape index (κ3) is 0.703. The highest BCUT2D eigenvalue weighted by Crippen LogP contribution is 2.20. The van der Waals surface area contributed by atoms with E-state index in [1.807, 2.05) is 6.20 Å². The third-order valence-electron chi connectivity index (χ3n) is 1.74. The van der Waals surface area contributed by atoms with E-state index in [-0.39, 0.29) is 5.41 Å². The monoisotopic (exact) mass is 132 g/mol. The number of rotatable bonds is 0. The van der Waals surface area contributed by atoms with Gasteiger partial charge in [0.25, 0.3) is 0 Å². The van der Waals surface area contributed by atoms with Crippen LogP contribution < -0.4 is 10.6 Å². The van der Waals surface area contributed by atoms with Gasteiger partial charge in [0.1, 0.15) is 0 Å². The van der Waals surface area contributed by atoms with Crippen molar-refractivity contribution in [3.63, 3.8) is 0 Å². The number of hydrogen-bond acceptors (Lipinski definition) is 0. The Kier molecular flexibility index (Phi) is 0.890. The summed E-state index contributed by atoms with van der Waals surface area (Å²) in [7, 11) is 0. The Hall–Kier alpha value is -0.980. The molecule has 0 saturated heterocycles. The van der Waals surface area contributed by atoms with Crippen molar-refractivity contribution in [3.8, 4) is 0 Å². The zero-order valence-corrected chi connectivity index (χ0v) is 6.23. The van der Waals surface area contributed by atoms with E-state index in [4.69, 9.17) is 0 Å². The maximum Gasteiger partial charge on any atom is 0.0425 e. The number of aromatic nitrogens is 1. The number of H-pyrrole nitrogens is 1. The maximum atomic E-state index is 3.37. The van der Waals surface area contributed by atoms with E-state index < -0.39 is 0 Å². The lowest BCUT2D eigenvalue weighted by atomic mass is 9.96. The predicted octanol–water partition coefficient (Wildman–Crippen LogP) is 0.492. The second-order valence-corrected chi connectivity index (χ2v) is 3.30. The summed E-state index contributed by atoms with van der Waals surface area (Å²) in [5, 5.41) is 2.43. The molecule has 1 aromatic rings. The summed E-state index contributed by atoms with van der Waals surface area (Å²) in [6.45, 7) is 4.31. The normalized spacial score (nSPS) is 19.4. The lowest BCUT2D eigenvalue weighted by Gasteiger charge is -2.07. The van der Waals surface area contributed by atoms with Gasteiger partial charge in [-0.3, -0.25) is 0 Å². The molecule has 1 aliphatic carbocycles. The largest absolute Gasteiger partial charge is 0.361 e. The fourth-order valence-corrected chi connectivity index (χ4v) is 1.35. The van der Waals surface area contributed by atoms with E-state index in [2.05, 4.69) is 37.0 Å². The minimum absolute atomic E-state index is 0.127. The Morgan fingerprint density at radius 3 is 3.00 bits per heavy atom. The van der Waals surface area contributed by atoms with Gasteiger partial charge in [0, 0.05) is 22.2 Å². The lowest BCUT2D eigenvalue weighted by molar-refractivity contribution is 0.723. The second kappa shape index (κ2) is 1.54. The van der Waals surface area contributed by atoms with Crippen LogP contribution in [-0.4, -0.2) is 4.98 Å². The Morgan fingerprint density at radius 1 is 1.50 bits per heavy atom. The van der Waals surface area contributed by atoms with Gasteiger partial charge in [-0.2, -0.15) is 0 Å². The van der Waals surface area contributed by atoms with Crippen molar-refractivity contribution in [3.05, 3.63) is 22.8 Å². The first-order valence-corrected chi connectivity index (χ1v) is 3.49. The van der Waals surface area contributed by atoms with E-state index >= 15 is 0 Å². The average Bonchev–Trinajstić information content (AvgIpc) is 2.20. The number of nitrogens with one attached hydrogen (secondary N) is 1. The van der Waals surface area contributed by atoms with Gasteiger partial charge >= 0.3 is 0 Å². The van der Waals surface area contributed by atoms with Crippen LogP contribution in [0.15, 0.2) is 12.3 Å². The van der Waals surface area contributed by atoms with E-state index in [0.717, 1.165) is 0 Å². The van der Waals surface area contributed by atoms with Gasteiger partial charge in [-0.15, -0.1) is 0 Å². The molecule has 1 heterocycles. The lowest BCUT2D eigenvalue weighted by Crippen LogP contribution is -2.17. The molecule has 2 rings (SSSR count). The molecule has 0 bridgehead atoms. The quantitative estimate of drug-likeness (QED) is 0.529. The minimum atomic E-state index is 0.127. The van der Waals surface area contributed by atoms with Gasteiger partial charge < -0.3 is 4.98 Å². The van der Waals surface area contributed by atoms with E-state index in [1.54, 1.807) is 0 Å². The molecule has 0 amide bonds. The van der Waals surface area contributed by atoms with Crippen molar-refractivity contribution in [2.75, 3.05) is 0 Å². The van der Waals surface area contributed by atoms with Gasteiger partial charge in [0.15, 0.2) is 0 Å². The molecule has 0 aromatic carbocycles. The van der Waals surface area contributed by atoms with Crippen LogP contribution in [0.3, 0.4) is 0 Å². The molecule has 0 aliphatic heterocycles. The van der Waals surface area contributed by atoms with Crippen LogP contribution in [0.25, 0.3) is 12.2 Å². The van der Waals surface area contributed by atoms with Gasteiger partial charge in [0.05, 0.1) is 0 Å². The van der Waals surface area contributed by atoms with Crippen molar-refractivity contribution in [1.29, 1.82) is 0 Å². The average molecular weight is 132 g/mol. The first-order valence-electron chi connectivity index (χ1n) is 3.49. The third-order valence-corrected chi connectivity index (χ3v) is 1.74. The molecule has 1 aliphatic rings. The molecular weight excluding hydrogens is 122 g/mol. The van der Waals surface area contributed by atoms with Crippen LogP contribution in [0.5, 0.6) is 0 Å². The topological polar surface area (TPSA) is 15.8 Å². The van der Waals surface area contributed by atoms with E-state index in [9.17, 15) is 0 Å². The van der Waals surface area contributed by atoms with Crippen molar-refractivity contribution < 1.29 is 0 Å². The molecular formula is C9H10N. The van der Waals surface area contributed by atoms with Crippen LogP contribution in [0.1, 0.15) is 13.8 Å². The van der Waals surface area contributed by atoms with Crippen LogP contribution in [-0.2, 0) is 0 Å². The zero-order chi connectivity index (χ0) is 7.19. The highest BCUT2D eigenvalue weighted by molar-refractivity contribution is 5.53. The highest BCUT2D eigenvalue weighted by atomic mass is 14.7. The minimum Gasteiger partial charge on any atom is -0.361 e. The smallest absolute Gasteiger partial charge is 0.0425 e. The van der Waals surface area contributed by atoms with Crippen molar-refractivity contribution in [2.45, 2.75) is 13.8 Å². The van der Waals surface area contributed by atoms with Crippen LogP contribution >= 0.6 is 0 Å². The standard InChI is InChI=1S/C9H10N/c1-9(2)5-7-3-4-10-8(7)6-9/h3-4,6,10H,1-2H3. The van der Waals surface area contributed by atoms with Crippen LogP contribution in [0.4, 0.5) is 0 Å². The summed E-state index contributed by atoms with van der Waals surface area (Å²) >= 11 is 0. The number of hydrogen-bond donors (Lipinski definition) is 1. The fourth-order valence-electron chi connectivity index (χ4n) is 1.35. The fraction of sp³-hybridized carbons (Fsp3) is 0.333. The highest BCUT2D eigenvalue weighted by Gasteiger charge is 2.15. The molecule has 0 unspecified atom stereocenters. The molecule has 1 nitrogen and oxygen atoms in total.